The van der Waals surface area contributed by atoms with Crippen molar-refractivity contribution < 1.29 is 9.53 Å². The van der Waals surface area contributed by atoms with Crippen molar-refractivity contribution in [3.8, 4) is 0 Å². The highest BCUT2D eigenvalue weighted by Gasteiger charge is 2.44. The standard InChI is InChI=1S/C16H20O2/c17-11-5-7-14-13-6-4-10-2-1-3-12(10)15(13)9-18-16(14)8-11/h4,6,12,14-16H,1-3,5,7-9H2. The van der Waals surface area contributed by atoms with Crippen LogP contribution in [-0.2, 0) is 9.53 Å². The Morgan fingerprint density at radius 1 is 1.06 bits per heavy atom. The van der Waals surface area contributed by atoms with E-state index in [2.05, 4.69) is 12.2 Å². The fraction of sp³-hybridized carbons (Fsp3) is 0.688. The fourth-order valence-electron chi connectivity index (χ4n) is 4.49. The maximum Gasteiger partial charge on any atom is 0.135 e. The summed E-state index contributed by atoms with van der Waals surface area (Å²) in [6, 6.07) is 0. The van der Waals surface area contributed by atoms with Gasteiger partial charge in [0.2, 0.25) is 0 Å². The molecule has 0 amide bonds. The summed E-state index contributed by atoms with van der Waals surface area (Å²) in [5, 5.41) is 0. The van der Waals surface area contributed by atoms with Crippen LogP contribution in [0.5, 0.6) is 0 Å². The summed E-state index contributed by atoms with van der Waals surface area (Å²) < 4.78 is 6.04. The molecule has 0 spiro atoms. The van der Waals surface area contributed by atoms with E-state index >= 15 is 0 Å². The van der Waals surface area contributed by atoms with E-state index in [-0.39, 0.29) is 6.10 Å². The zero-order valence-electron chi connectivity index (χ0n) is 10.7. The number of hydrogen-bond donors (Lipinski definition) is 0. The van der Waals surface area contributed by atoms with Gasteiger partial charge in [0, 0.05) is 24.7 Å². The number of fused-ring (bicyclic) bond motifs is 5. The van der Waals surface area contributed by atoms with Gasteiger partial charge < -0.3 is 4.74 Å². The molecule has 18 heavy (non-hydrogen) atoms. The number of allylic oxidation sites excluding steroid dienone is 3. The second kappa shape index (κ2) is 4.06. The molecule has 4 rings (SSSR count). The summed E-state index contributed by atoms with van der Waals surface area (Å²) in [6.07, 6.45) is 11.3. The Balaban J connectivity index is 1.65. The molecule has 0 aromatic heterocycles. The minimum Gasteiger partial charge on any atom is -0.376 e. The zero-order chi connectivity index (χ0) is 12.1. The molecule has 0 N–H and O–H groups in total. The Morgan fingerprint density at radius 2 is 2.00 bits per heavy atom. The smallest absolute Gasteiger partial charge is 0.135 e. The van der Waals surface area contributed by atoms with Gasteiger partial charge in [-0.05, 0) is 31.6 Å². The van der Waals surface area contributed by atoms with Crippen molar-refractivity contribution in [3.05, 3.63) is 23.3 Å². The first-order valence-electron chi connectivity index (χ1n) is 7.37. The van der Waals surface area contributed by atoms with Gasteiger partial charge in [-0.3, -0.25) is 4.79 Å². The third-order valence-corrected chi connectivity index (χ3v) is 5.39. The monoisotopic (exact) mass is 244 g/mol. The van der Waals surface area contributed by atoms with Crippen LogP contribution in [-0.4, -0.2) is 18.5 Å². The first-order valence-corrected chi connectivity index (χ1v) is 7.37. The zero-order valence-corrected chi connectivity index (χ0v) is 10.7. The maximum absolute atomic E-state index is 11.5. The quantitative estimate of drug-likeness (QED) is 0.654. The summed E-state index contributed by atoms with van der Waals surface area (Å²) >= 11 is 0. The lowest BCUT2D eigenvalue weighted by atomic mass is 9.68. The predicted molar refractivity (Wildman–Crippen MR) is 69.1 cm³/mol. The van der Waals surface area contributed by atoms with E-state index in [9.17, 15) is 4.79 Å². The van der Waals surface area contributed by atoms with Crippen molar-refractivity contribution in [1.82, 2.24) is 0 Å². The topological polar surface area (TPSA) is 26.3 Å². The van der Waals surface area contributed by atoms with Crippen molar-refractivity contribution in [3.63, 3.8) is 0 Å². The van der Waals surface area contributed by atoms with Crippen LogP contribution in [0, 0.1) is 17.8 Å². The van der Waals surface area contributed by atoms with E-state index in [1.54, 1.807) is 11.1 Å². The summed E-state index contributed by atoms with van der Waals surface area (Å²) in [6.45, 7) is 0.849. The van der Waals surface area contributed by atoms with Crippen LogP contribution in [0.25, 0.3) is 0 Å². The Bertz CT molecular complexity index is 446. The Kier molecular flexibility index (Phi) is 2.47. The molecule has 1 heterocycles. The molecule has 96 valence electrons. The number of hydrogen-bond acceptors (Lipinski definition) is 2. The minimum absolute atomic E-state index is 0.185. The normalized spacial score (nSPS) is 42.6. The molecule has 1 aliphatic heterocycles. The van der Waals surface area contributed by atoms with Gasteiger partial charge in [0.15, 0.2) is 0 Å². The van der Waals surface area contributed by atoms with Gasteiger partial charge in [-0.1, -0.05) is 23.3 Å². The van der Waals surface area contributed by atoms with Gasteiger partial charge in [-0.15, -0.1) is 0 Å². The number of ether oxygens (including phenoxy) is 1. The molecule has 0 aromatic carbocycles. The highest BCUT2D eigenvalue weighted by molar-refractivity contribution is 5.80. The van der Waals surface area contributed by atoms with Crippen LogP contribution in [0.15, 0.2) is 23.3 Å². The van der Waals surface area contributed by atoms with E-state index in [0.717, 1.165) is 25.4 Å². The predicted octanol–water partition coefficient (Wildman–Crippen LogP) is 3.04. The average molecular weight is 244 g/mol. The minimum atomic E-state index is 0.185. The molecule has 0 bridgehead atoms. The van der Waals surface area contributed by atoms with Gasteiger partial charge >= 0.3 is 0 Å². The van der Waals surface area contributed by atoms with Gasteiger partial charge in [0.05, 0.1) is 12.7 Å². The Labute approximate surface area is 108 Å². The van der Waals surface area contributed by atoms with E-state index in [0.29, 0.717) is 24.0 Å². The number of carbonyl (C=O) groups excluding carboxylic acids is 1. The number of Topliss-reactive ketones (excluding diaryl/α,β-unsaturated/α-hetero) is 1. The van der Waals surface area contributed by atoms with E-state index in [1.165, 1.54) is 19.3 Å². The van der Waals surface area contributed by atoms with E-state index < -0.39 is 0 Å². The lowest BCUT2D eigenvalue weighted by molar-refractivity contribution is -0.129. The van der Waals surface area contributed by atoms with Gasteiger partial charge in [-0.25, -0.2) is 0 Å². The fourth-order valence-corrected chi connectivity index (χ4v) is 4.49. The van der Waals surface area contributed by atoms with E-state index in [1.807, 2.05) is 0 Å². The second-order valence-electron chi connectivity index (χ2n) is 6.27. The molecule has 4 unspecified atom stereocenters. The van der Waals surface area contributed by atoms with Crippen LogP contribution >= 0.6 is 0 Å². The molecular weight excluding hydrogens is 224 g/mol. The van der Waals surface area contributed by atoms with Crippen molar-refractivity contribution in [2.45, 2.75) is 44.6 Å². The van der Waals surface area contributed by atoms with Crippen molar-refractivity contribution >= 4 is 5.78 Å². The molecule has 3 fully saturated rings. The number of ketones is 1. The van der Waals surface area contributed by atoms with Crippen molar-refractivity contribution in [1.29, 1.82) is 0 Å². The van der Waals surface area contributed by atoms with Gasteiger partial charge in [0.25, 0.3) is 0 Å². The lowest BCUT2D eigenvalue weighted by Crippen LogP contribution is -2.43. The van der Waals surface area contributed by atoms with E-state index in [4.69, 9.17) is 4.74 Å². The molecule has 3 aliphatic carbocycles. The van der Waals surface area contributed by atoms with Crippen LogP contribution in [0.3, 0.4) is 0 Å². The molecule has 0 aromatic rings. The third-order valence-electron chi connectivity index (χ3n) is 5.39. The summed E-state index contributed by atoms with van der Waals surface area (Å²) in [5.41, 5.74) is 3.26. The lowest BCUT2D eigenvalue weighted by Gasteiger charge is -2.44. The van der Waals surface area contributed by atoms with Crippen LogP contribution < -0.4 is 0 Å². The maximum atomic E-state index is 11.5. The largest absolute Gasteiger partial charge is 0.376 e. The highest BCUT2D eigenvalue weighted by atomic mass is 16.5. The van der Waals surface area contributed by atoms with Crippen LogP contribution in [0.2, 0.25) is 0 Å². The SMILES string of the molecule is O=C1CCC2C3=CC=C4CCCC4C3COC2C1. The molecule has 4 atom stereocenters. The van der Waals surface area contributed by atoms with Gasteiger partial charge in [0.1, 0.15) is 5.78 Å². The Hall–Kier alpha value is -0.890. The molecule has 0 radical (unpaired) electrons. The molecular formula is C16H20O2. The average Bonchev–Trinajstić information content (AvgIpc) is 2.86. The molecule has 2 nitrogen and oxygen atoms in total. The first kappa shape index (κ1) is 11.0. The third kappa shape index (κ3) is 1.55. The summed E-state index contributed by atoms with van der Waals surface area (Å²) in [7, 11) is 0. The highest BCUT2D eigenvalue weighted by Crippen LogP contribution is 2.49. The molecule has 1 saturated heterocycles. The summed E-state index contributed by atoms with van der Waals surface area (Å²) in [5.74, 6) is 2.30. The number of rotatable bonds is 0. The van der Waals surface area contributed by atoms with Crippen LogP contribution in [0.1, 0.15) is 38.5 Å². The molecule has 4 aliphatic rings. The Morgan fingerprint density at radius 3 is 2.94 bits per heavy atom. The molecule has 2 saturated carbocycles. The second-order valence-corrected chi connectivity index (χ2v) is 6.27. The van der Waals surface area contributed by atoms with Crippen molar-refractivity contribution in [2.24, 2.45) is 17.8 Å². The van der Waals surface area contributed by atoms with Crippen molar-refractivity contribution in [2.75, 3.05) is 6.61 Å². The summed E-state index contributed by atoms with van der Waals surface area (Å²) in [4.78, 5) is 11.5. The van der Waals surface area contributed by atoms with Crippen LogP contribution in [0.4, 0.5) is 0 Å². The first-order chi connectivity index (χ1) is 8.83. The van der Waals surface area contributed by atoms with Gasteiger partial charge in [-0.2, -0.15) is 0 Å². The molecule has 2 heteroatoms. The number of carbonyl (C=O) groups is 1.